The number of nitrogens with one attached hydrogen (secondary N) is 2. The Morgan fingerprint density at radius 3 is 2.44 bits per heavy atom. The number of amides is 2. The van der Waals surface area contributed by atoms with Gasteiger partial charge in [-0.05, 0) is 18.9 Å². The summed E-state index contributed by atoms with van der Waals surface area (Å²) in [6, 6.07) is 0. The SMILES string of the molecule is C=CC(=O)NCNC(=O)C(CC)CCCCCC. The van der Waals surface area contributed by atoms with Gasteiger partial charge in [0.05, 0.1) is 6.67 Å². The standard InChI is InChI=1S/C14H26N2O2/c1-4-7-8-9-10-12(5-2)14(18)16-11-15-13(17)6-3/h6,12H,3-5,7-11H2,1-2H3,(H,15,17)(H,16,18). The highest BCUT2D eigenvalue weighted by atomic mass is 16.2. The van der Waals surface area contributed by atoms with Gasteiger partial charge in [-0.15, -0.1) is 0 Å². The molecule has 0 aliphatic rings. The van der Waals surface area contributed by atoms with Crippen LogP contribution in [0.2, 0.25) is 0 Å². The molecule has 0 aliphatic carbocycles. The summed E-state index contributed by atoms with van der Waals surface area (Å²) in [7, 11) is 0. The topological polar surface area (TPSA) is 58.2 Å². The van der Waals surface area contributed by atoms with Gasteiger partial charge in [0.15, 0.2) is 0 Å². The van der Waals surface area contributed by atoms with Crippen LogP contribution in [0.5, 0.6) is 0 Å². The molecule has 0 aromatic rings. The summed E-state index contributed by atoms with van der Waals surface area (Å²) in [5, 5.41) is 5.25. The first kappa shape index (κ1) is 16.7. The van der Waals surface area contributed by atoms with Gasteiger partial charge in [0.1, 0.15) is 0 Å². The van der Waals surface area contributed by atoms with Crippen molar-refractivity contribution in [2.75, 3.05) is 6.67 Å². The van der Waals surface area contributed by atoms with Gasteiger partial charge in [0.25, 0.3) is 0 Å². The van der Waals surface area contributed by atoms with E-state index >= 15 is 0 Å². The molecule has 0 spiro atoms. The molecule has 2 amide bonds. The van der Waals surface area contributed by atoms with E-state index < -0.39 is 0 Å². The van der Waals surface area contributed by atoms with E-state index in [2.05, 4.69) is 24.1 Å². The van der Waals surface area contributed by atoms with Crippen molar-refractivity contribution >= 4 is 11.8 Å². The average molecular weight is 254 g/mol. The summed E-state index contributed by atoms with van der Waals surface area (Å²) in [6.07, 6.45) is 7.68. The van der Waals surface area contributed by atoms with Crippen LogP contribution in [-0.4, -0.2) is 18.5 Å². The molecule has 0 rings (SSSR count). The zero-order valence-corrected chi connectivity index (χ0v) is 11.6. The van der Waals surface area contributed by atoms with E-state index in [1.54, 1.807) is 0 Å². The van der Waals surface area contributed by atoms with Gasteiger partial charge in [0.2, 0.25) is 11.8 Å². The third kappa shape index (κ3) is 7.87. The predicted molar refractivity (Wildman–Crippen MR) is 73.9 cm³/mol. The molecular weight excluding hydrogens is 228 g/mol. The Morgan fingerprint density at radius 2 is 1.89 bits per heavy atom. The summed E-state index contributed by atoms with van der Waals surface area (Å²) in [6.45, 7) is 7.71. The monoisotopic (exact) mass is 254 g/mol. The molecule has 0 bridgehead atoms. The van der Waals surface area contributed by atoms with Crippen LogP contribution in [0, 0.1) is 5.92 Å². The number of carbonyl (C=O) groups excluding carboxylic acids is 2. The van der Waals surface area contributed by atoms with Crippen molar-refractivity contribution < 1.29 is 9.59 Å². The van der Waals surface area contributed by atoms with Crippen LogP contribution < -0.4 is 10.6 Å². The largest absolute Gasteiger partial charge is 0.338 e. The zero-order chi connectivity index (χ0) is 13.8. The van der Waals surface area contributed by atoms with Crippen molar-refractivity contribution in [3.63, 3.8) is 0 Å². The van der Waals surface area contributed by atoms with Crippen molar-refractivity contribution in [3.05, 3.63) is 12.7 Å². The fourth-order valence-electron chi connectivity index (χ4n) is 1.77. The number of carbonyl (C=O) groups is 2. The van der Waals surface area contributed by atoms with Gasteiger partial charge in [-0.3, -0.25) is 9.59 Å². The smallest absolute Gasteiger partial charge is 0.244 e. The second-order valence-electron chi connectivity index (χ2n) is 4.42. The molecule has 18 heavy (non-hydrogen) atoms. The highest BCUT2D eigenvalue weighted by Crippen LogP contribution is 2.14. The Balaban J connectivity index is 3.81. The lowest BCUT2D eigenvalue weighted by Gasteiger charge is -2.14. The van der Waals surface area contributed by atoms with Crippen LogP contribution >= 0.6 is 0 Å². The van der Waals surface area contributed by atoms with E-state index in [1.165, 1.54) is 25.3 Å². The fraction of sp³-hybridized carbons (Fsp3) is 0.714. The number of hydrogen-bond acceptors (Lipinski definition) is 2. The molecule has 0 saturated heterocycles. The second kappa shape index (κ2) is 10.8. The van der Waals surface area contributed by atoms with Gasteiger partial charge < -0.3 is 10.6 Å². The summed E-state index contributed by atoms with van der Waals surface area (Å²) in [5.74, 6) is -0.188. The Kier molecular flexibility index (Phi) is 10.0. The van der Waals surface area contributed by atoms with Crippen molar-refractivity contribution in [2.24, 2.45) is 5.92 Å². The van der Waals surface area contributed by atoms with Crippen LogP contribution in [0.15, 0.2) is 12.7 Å². The number of rotatable bonds is 10. The first-order valence-corrected chi connectivity index (χ1v) is 6.83. The summed E-state index contributed by atoms with van der Waals surface area (Å²) in [5.41, 5.74) is 0. The van der Waals surface area contributed by atoms with E-state index in [0.717, 1.165) is 19.3 Å². The quantitative estimate of drug-likeness (QED) is 0.357. The lowest BCUT2D eigenvalue weighted by Crippen LogP contribution is -2.39. The number of hydrogen-bond donors (Lipinski definition) is 2. The van der Waals surface area contributed by atoms with Crippen molar-refractivity contribution in [1.82, 2.24) is 10.6 Å². The highest BCUT2D eigenvalue weighted by molar-refractivity contribution is 5.87. The molecule has 0 heterocycles. The molecule has 4 heteroatoms. The van der Waals surface area contributed by atoms with Crippen molar-refractivity contribution in [1.29, 1.82) is 0 Å². The van der Waals surface area contributed by atoms with E-state index in [1.807, 2.05) is 6.92 Å². The van der Waals surface area contributed by atoms with Gasteiger partial charge in [-0.25, -0.2) is 0 Å². The minimum Gasteiger partial charge on any atom is -0.338 e. The van der Waals surface area contributed by atoms with Crippen LogP contribution in [-0.2, 0) is 9.59 Å². The minimum atomic E-state index is -0.272. The molecule has 2 N–H and O–H groups in total. The maximum absolute atomic E-state index is 11.8. The Bertz CT molecular complexity index is 265. The van der Waals surface area contributed by atoms with Crippen molar-refractivity contribution in [3.8, 4) is 0 Å². The molecular formula is C14H26N2O2. The molecule has 0 radical (unpaired) electrons. The van der Waals surface area contributed by atoms with E-state index in [9.17, 15) is 9.59 Å². The van der Waals surface area contributed by atoms with Crippen molar-refractivity contribution in [2.45, 2.75) is 52.4 Å². The molecule has 0 fully saturated rings. The maximum Gasteiger partial charge on any atom is 0.244 e. The second-order valence-corrected chi connectivity index (χ2v) is 4.42. The normalized spacial score (nSPS) is 11.7. The van der Waals surface area contributed by atoms with Crippen LogP contribution in [0.25, 0.3) is 0 Å². The first-order chi connectivity index (χ1) is 8.65. The Hall–Kier alpha value is -1.32. The minimum absolute atomic E-state index is 0.0263. The summed E-state index contributed by atoms with van der Waals surface area (Å²) >= 11 is 0. The van der Waals surface area contributed by atoms with E-state index in [0.29, 0.717) is 0 Å². The fourth-order valence-corrected chi connectivity index (χ4v) is 1.77. The summed E-state index contributed by atoms with van der Waals surface area (Å²) in [4.78, 5) is 22.7. The molecule has 4 nitrogen and oxygen atoms in total. The molecule has 0 aromatic carbocycles. The van der Waals surface area contributed by atoms with Gasteiger partial charge >= 0.3 is 0 Å². The Labute approximate surface area is 110 Å². The van der Waals surface area contributed by atoms with Gasteiger partial charge in [-0.1, -0.05) is 46.1 Å². The van der Waals surface area contributed by atoms with Crippen LogP contribution in [0.1, 0.15) is 52.4 Å². The van der Waals surface area contributed by atoms with Crippen LogP contribution in [0.3, 0.4) is 0 Å². The molecule has 1 atom stereocenters. The molecule has 104 valence electrons. The number of unbranched alkanes of at least 4 members (excludes halogenated alkanes) is 3. The lowest BCUT2D eigenvalue weighted by molar-refractivity contribution is -0.125. The summed E-state index contributed by atoms with van der Waals surface area (Å²) < 4.78 is 0. The van der Waals surface area contributed by atoms with Crippen LogP contribution in [0.4, 0.5) is 0 Å². The maximum atomic E-state index is 11.8. The van der Waals surface area contributed by atoms with E-state index in [-0.39, 0.29) is 24.4 Å². The third-order valence-electron chi connectivity index (χ3n) is 2.98. The zero-order valence-electron chi connectivity index (χ0n) is 11.6. The highest BCUT2D eigenvalue weighted by Gasteiger charge is 2.15. The average Bonchev–Trinajstić information content (AvgIpc) is 2.38. The lowest BCUT2D eigenvalue weighted by atomic mass is 9.97. The molecule has 0 aliphatic heterocycles. The van der Waals surface area contributed by atoms with Gasteiger partial charge in [0, 0.05) is 5.92 Å². The molecule has 0 saturated carbocycles. The third-order valence-corrected chi connectivity index (χ3v) is 2.98. The molecule has 0 aromatic heterocycles. The molecule has 1 unspecified atom stereocenters. The first-order valence-electron chi connectivity index (χ1n) is 6.83. The predicted octanol–water partition coefficient (Wildman–Crippen LogP) is 2.36. The Morgan fingerprint density at radius 1 is 1.17 bits per heavy atom. The van der Waals surface area contributed by atoms with Gasteiger partial charge in [-0.2, -0.15) is 0 Å². The van der Waals surface area contributed by atoms with E-state index in [4.69, 9.17) is 0 Å².